The molecule has 0 aliphatic carbocycles. The Balaban J connectivity index is 2.69. The van der Waals surface area contributed by atoms with Crippen LogP contribution in [-0.4, -0.2) is 48.6 Å². The van der Waals surface area contributed by atoms with Crippen molar-refractivity contribution in [2.24, 2.45) is 5.92 Å². The highest BCUT2D eigenvalue weighted by molar-refractivity contribution is 5.86. The van der Waals surface area contributed by atoms with E-state index >= 15 is 0 Å². The highest BCUT2D eigenvalue weighted by atomic mass is 16.5. The summed E-state index contributed by atoms with van der Waals surface area (Å²) in [5.41, 5.74) is 0. The molecule has 0 saturated carbocycles. The minimum Gasteiger partial charge on any atom is -0.465 e. The lowest BCUT2D eigenvalue weighted by atomic mass is 9.91. The smallest absolute Gasteiger partial charge is 0.325 e. The molecular weight excluding hydrogens is 244 g/mol. The Labute approximate surface area is 115 Å². The summed E-state index contributed by atoms with van der Waals surface area (Å²) in [7, 11) is 0. The van der Waals surface area contributed by atoms with Gasteiger partial charge in [-0.25, -0.2) is 0 Å². The molecule has 5 heteroatoms. The molecule has 110 valence electrons. The van der Waals surface area contributed by atoms with Crippen molar-refractivity contribution in [1.29, 1.82) is 0 Å². The Kier molecular flexibility index (Phi) is 6.28. The zero-order valence-corrected chi connectivity index (χ0v) is 12.4. The number of esters is 1. The van der Waals surface area contributed by atoms with E-state index in [-0.39, 0.29) is 30.5 Å². The van der Waals surface area contributed by atoms with Crippen molar-refractivity contribution in [2.75, 3.05) is 19.7 Å². The van der Waals surface area contributed by atoms with Crippen LogP contribution in [0.1, 0.15) is 40.5 Å². The fourth-order valence-electron chi connectivity index (χ4n) is 2.42. The number of nitrogens with one attached hydrogen (secondary N) is 1. The lowest BCUT2D eigenvalue weighted by molar-refractivity contribution is -0.151. The zero-order valence-electron chi connectivity index (χ0n) is 12.4. The van der Waals surface area contributed by atoms with Crippen LogP contribution in [0.15, 0.2) is 0 Å². The van der Waals surface area contributed by atoms with Gasteiger partial charge >= 0.3 is 5.97 Å². The molecule has 2 unspecified atom stereocenters. The summed E-state index contributed by atoms with van der Waals surface area (Å²) in [4.78, 5) is 25.7. The molecule has 1 heterocycles. The van der Waals surface area contributed by atoms with Crippen LogP contribution in [0, 0.1) is 5.92 Å². The summed E-state index contributed by atoms with van der Waals surface area (Å²) in [5, 5.41) is 3.27. The summed E-state index contributed by atoms with van der Waals surface area (Å²) in [6.45, 7) is 8.94. The molecule has 1 aliphatic heterocycles. The molecule has 1 amide bonds. The van der Waals surface area contributed by atoms with Crippen molar-refractivity contribution in [1.82, 2.24) is 10.2 Å². The lowest BCUT2D eigenvalue weighted by Gasteiger charge is -2.35. The van der Waals surface area contributed by atoms with E-state index in [1.807, 2.05) is 13.8 Å². The van der Waals surface area contributed by atoms with Crippen molar-refractivity contribution in [3.63, 3.8) is 0 Å². The van der Waals surface area contributed by atoms with Crippen molar-refractivity contribution >= 4 is 11.9 Å². The summed E-state index contributed by atoms with van der Waals surface area (Å²) < 4.78 is 4.93. The topological polar surface area (TPSA) is 58.6 Å². The first-order valence-electron chi connectivity index (χ1n) is 7.16. The third-order valence-corrected chi connectivity index (χ3v) is 3.55. The molecule has 0 radical (unpaired) electrons. The number of carbonyl (C=O) groups excluding carboxylic acids is 2. The molecule has 19 heavy (non-hydrogen) atoms. The van der Waals surface area contributed by atoms with Gasteiger partial charge in [-0.15, -0.1) is 0 Å². The first kappa shape index (κ1) is 16.0. The number of rotatable bonds is 5. The third-order valence-electron chi connectivity index (χ3n) is 3.55. The molecule has 1 fully saturated rings. The number of hydrogen-bond donors (Lipinski definition) is 1. The molecular formula is C14H26N2O3. The van der Waals surface area contributed by atoms with Gasteiger partial charge in [0, 0.05) is 6.04 Å². The highest BCUT2D eigenvalue weighted by Gasteiger charge is 2.33. The second-order valence-electron chi connectivity index (χ2n) is 5.42. The van der Waals surface area contributed by atoms with Gasteiger partial charge in [-0.2, -0.15) is 0 Å². The summed E-state index contributed by atoms with van der Waals surface area (Å²) in [5.74, 6) is -0.0204. The van der Waals surface area contributed by atoms with Crippen LogP contribution in [0.25, 0.3) is 0 Å². The average Bonchev–Trinajstić information content (AvgIpc) is 2.36. The second-order valence-corrected chi connectivity index (χ2v) is 5.42. The predicted molar refractivity (Wildman–Crippen MR) is 73.7 cm³/mol. The van der Waals surface area contributed by atoms with E-state index in [0.717, 1.165) is 19.4 Å². The maximum Gasteiger partial charge on any atom is 0.325 e. The Morgan fingerprint density at radius 1 is 1.42 bits per heavy atom. The first-order chi connectivity index (χ1) is 8.97. The van der Waals surface area contributed by atoms with Crippen LogP contribution in [0.5, 0.6) is 0 Å². The van der Waals surface area contributed by atoms with E-state index in [0.29, 0.717) is 12.5 Å². The summed E-state index contributed by atoms with van der Waals surface area (Å²) >= 11 is 0. The maximum absolute atomic E-state index is 12.5. The van der Waals surface area contributed by atoms with Crippen LogP contribution in [0.3, 0.4) is 0 Å². The molecule has 0 spiro atoms. The van der Waals surface area contributed by atoms with Crippen molar-refractivity contribution in [3.8, 4) is 0 Å². The van der Waals surface area contributed by atoms with Crippen molar-refractivity contribution in [3.05, 3.63) is 0 Å². The number of carbonyl (C=O) groups is 2. The fourth-order valence-corrected chi connectivity index (χ4v) is 2.42. The van der Waals surface area contributed by atoms with Gasteiger partial charge in [-0.3, -0.25) is 9.59 Å². The molecule has 0 aromatic rings. The molecule has 1 aliphatic rings. The monoisotopic (exact) mass is 270 g/mol. The Morgan fingerprint density at radius 3 is 2.63 bits per heavy atom. The van der Waals surface area contributed by atoms with Gasteiger partial charge in [-0.05, 0) is 46.1 Å². The zero-order chi connectivity index (χ0) is 14.4. The van der Waals surface area contributed by atoms with Gasteiger partial charge < -0.3 is 15.0 Å². The highest BCUT2D eigenvalue weighted by Crippen LogP contribution is 2.18. The van der Waals surface area contributed by atoms with Crippen LogP contribution in [-0.2, 0) is 14.3 Å². The molecule has 1 rings (SSSR count). The standard InChI is InChI=1S/C14H26N2O3/c1-5-19-12(17)9-16(10(2)3)14(18)13-11(4)7-6-8-15-13/h10-11,13,15H,5-9H2,1-4H3. The molecule has 0 aromatic heterocycles. The minimum atomic E-state index is -0.340. The van der Waals surface area contributed by atoms with Gasteiger partial charge in [-0.1, -0.05) is 6.92 Å². The van der Waals surface area contributed by atoms with Gasteiger partial charge in [0.2, 0.25) is 5.91 Å². The predicted octanol–water partition coefficient (Wildman–Crippen LogP) is 1.17. The van der Waals surface area contributed by atoms with Crippen LogP contribution in [0.4, 0.5) is 0 Å². The van der Waals surface area contributed by atoms with E-state index < -0.39 is 0 Å². The normalized spacial score (nSPS) is 23.2. The number of ether oxygens (including phenoxy) is 1. The SMILES string of the molecule is CCOC(=O)CN(C(=O)C1NCCCC1C)C(C)C. The molecule has 2 atom stereocenters. The fraction of sp³-hybridized carbons (Fsp3) is 0.857. The van der Waals surface area contributed by atoms with Gasteiger partial charge in [0.15, 0.2) is 0 Å². The maximum atomic E-state index is 12.5. The Bertz CT molecular complexity index is 318. The molecule has 0 bridgehead atoms. The van der Waals surface area contributed by atoms with Crippen LogP contribution < -0.4 is 5.32 Å². The van der Waals surface area contributed by atoms with E-state index in [1.165, 1.54) is 0 Å². The van der Waals surface area contributed by atoms with E-state index in [1.54, 1.807) is 11.8 Å². The molecule has 0 aromatic carbocycles. The quantitative estimate of drug-likeness (QED) is 0.762. The molecule has 1 saturated heterocycles. The van der Waals surface area contributed by atoms with Crippen LogP contribution in [0.2, 0.25) is 0 Å². The lowest BCUT2D eigenvalue weighted by Crippen LogP contribution is -2.55. The van der Waals surface area contributed by atoms with Crippen molar-refractivity contribution < 1.29 is 14.3 Å². The van der Waals surface area contributed by atoms with Gasteiger partial charge in [0.1, 0.15) is 6.54 Å². The van der Waals surface area contributed by atoms with E-state index in [4.69, 9.17) is 4.74 Å². The van der Waals surface area contributed by atoms with Gasteiger partial charge in [0.25, 0.3) is 0 Å². The summed E-state index contributed by atoms with van der Waals surface area (Å²) in [6.07, 6.45) is 2.15. The largest absolute Gasteiger partial charge is 0.465 e. The number of amides is 1. The number of nitrogens with zero attached hydrogens (tertiary/aromatic N) is 1. The summed E-state index contributed by atoms with van der Waals surface area (Å²) in [6, 6.07) is -0.182. The second kappa shape index (κ2) is 7.48. The first-order valence-corrected chi connectivity index (χ1v) is 7.16. The van der Waals surface area contributed by atoms with Crippen LogP contribution >= 0.6 is 0 Å². The Morgan fingerprint density at radius 2 is 2.11 bits per heavy atom. The van der Waals surface area contributed by atoms with E-state index in [9.17, 15) is 9.59 Å². The average molecular weight is 270 g/mol. The Hall–Kier alpha value is -1.10. The number of piperidine rings is 1. The minimum absolute atomic E-state index is 0.00664. The molecule has 1 N–H and O–H groups in total. The third kappa shape index (κ3) is 4.49. The number of hydrogen-bond acceptors (Lipinski definition) is 4. The van der Waals surface area contributed by atoms with E-state index in [2.05, 4.69) is 12.2 Å². The van der Waals surface area contributed by atoms with Gasteiger partial charge in [0.05, 0.1) is 12.6 Å². The molecule has 5 nitrogen and oxygen atoms in total. The van der Waals surface area contributed by atoms with Crippen molar-refractivity contribution in [2.45, 2.75) is 52.6 Å².